The Morgan fingerprint density at radius 2 is 1.81 bits per heavy atom. The predicted octanol–water partition coefficient (Wildman–Crippen LogP) is 3.12. The summed E-state index contributed by atoms with van der Waals surface area (Å²) in [5.74, 6) is 0.0142. The summed E-state index contributed by atoms with van der Waals surface area (Å²) in [6, 6.07) is 11.8. The standard InChI is InChI=1S/C18H22N2O5S/c1-3-12-20-16-15(25-13-8-6-5-7-9-13)11-10-14(18(21)24-4-2)17(16)26(19,22)23/h5-11,20H,3-4,12H2,1-2H3,(H2,19,22,23). The summed E-state index contributed by atoms with van der Waals surface area (Å²) in [7, 11) is -4.22. The minimum atomic E-state index is -4.22. The van der Waals surface area contributed by atoms with E-state index in [1.807, 2.05) is 13.0 Å². The van der Waals surface area contributed by atoms with Crippen molar-refractivity contribution in [2.75, 3.05) is 18.5 Å². The Balaban J connectivity index is 2.63. The lowest BCUT2D eigenvalue weighted by atomic mass is 10.1. The van der Waals surface area contributed by atoms with E-state index in [1.54, 1.807) is 31.2 Å². The van der Waals surface area contributed by atoms with Crippen molar-refractivity contribution in [2.24, 2.45) is 5.14 Å². The van der Waals surface area contributed by atoms with Crippen LogP contribution >= 0.6 is 0 Å². The van der Waals surface area contributed by atoms with Crippen LogP contribution < -0.4 is 15.2 Å². The van der Waals surface area contributed by atoms with Gasteiger partial charge in [0.05, 0.1) is 17.9 Å². The number of ether oxygens (including phenoxy) is 2. The number of anilines is 1. The van der Waals surface area contributed by atoms with Crippen molar-refractivity contribution in [1.82, 2.24) is 0 Å². The highest BCUT2D eigenvalue weighted by atomic mass is 32.2. The fourth-order valence-electron chi connectivity index (χ4n) is 2.35. The maximum atomic E-state index is 12.2. The van der Waals surface area contributed by atoms with Crippen molar-refractivity contribution < 1.29 is 22.7 Å². The molecule has 0 heterocycles. The second kappa shape index (κ2) is 8.68. The number of esters is 1. The molecular weight excluding hydrogens is 356 g/mol. The van der Waals surface area contributed by atoms with E-state index in [9.17, 15) is 13.2 Å². The normalized spacial score (nSPS) is 11.0. The highest BCUT2D eigenvalue weighted by Gasteiger charge is 2.27. The molecule has 0 aromatic heterocycles. The van der Waals surface area contributed by atoms with Crippen LogP contribution in [-0.2, 0) is 14.8 Å². The second-order valence-electron chi connectivity index (χ2n) is 5.42. The molecule has 0 aliphatic heterocycles. The molecule has 3 N–H and O–H groups in total. The lowest BCUT2D eigenvalue weighted by Gasteiger charge is -2.18. The van der Waals surface area contributed by atoms with E-state index < -0.39 is 16.0 Å². The van der Waals surface area contributed by atoms with Gasteiger partial charge in [-0.25, -0.2) is 18.4 Å². The molecule has 0 fully saturated rings. The van der Waals surface area contributed by atoms with Gasteiger partial charge in [-0.2, -0.15) is 0 Å². The van der Waals surface area contributed by atoms with Gasteiger partial charge in [0.2, 0.25) is 10.0 Å². The first-order valence-electron chi connectivity index (χ1n) is 8.22. The molecule has 0 bridgehead atoms. The molecule has 0 spiro atoms. The molecule has 8 heteroatoms. The summed E-state index contributed by atoms with van der Waals surface area (Å²) in [5.41, 5.74) is 0.0112. The molecule has 140 valence electrons. The molecule has 0 aliphatic carbocycles. The lowest BCUT2D eigenvalue weighted by molar-refractivity contribution is 0.0522. The number of hydrogen-bond donors (Lipinski definition) is 2. The molecule has 7 nitrogen and oxygen atoms in total. The van der Waals surface area contributed by atoms with Crippen LogP contribution in [0.25, 0.3) is 0 Å². The summed E-state index contributed by atoms with van der Waals surface area (Å²) in [6.45, 7) is 4.15. The number of hydrogen-bond acceptors (Lipinski definition) is 6. The molecule has 2 rings (SSSR count). The topological polar surface area (TPSA) is 108 Å². The Morgan fingerprint density at radius 3 is 2.38 bits per heavy atom. The molecule has 2 aromatic carbocycles. The van der Waals surface area contributed by atoms with Crippen LogP contribution in [0.15, 0.2) is 47.4 Å². The first-order chi connectivity index (χ1) is 12.4. The summed E-state index contributed by atoms with van der Waals surface area (Å²) < 4.78 is 35.2. The van der Waals surface area contributed by atoms with Crippen LogP contribution in [0.3, 0.4) is 0 Å². The molecule has 0 saturated heterocycles. The van der Waals surface area contributed by atoms with Crippen LogP contribution in [0.2, 0.25) is 0 Å². The maximum Gasteiger partial charge on any atom is 0.339 e. The summed E-state index contributed by atoms with van der Waals surface area (Å²) in [4.78, 5) is 11.9. The fraction of sp³-hybridized carbons (Fsp3) is 0.278. The Kier molecular flexibility index (Phi) is 6.59. The summed E-state index contributed by atoms with van der Waals surface area (Å²) in [6.07, 6.45) is 0.735. The average molecular weight is 378 g/mol. The number of carbonyl (C=O) groups is 1. The van der Waals surface area contributed by atoms with Crippen molar-refractivity contribution in [1.29, 1.82) is 0 Å². The van der Waals surface area contributed by atoms with Gasteiger partial charge in [0.25, 0.3) is 0 Å². The third-order valence-corrected chi connectivity index (χ3v) is 4.42. The van der Waals surface area contributed by atoms with Gasteiger partial charge in [-0.05, 0) is 37.6 Å². The molecule has 26 heavy (non-hydrogen) atoms. The highest BCUT2D eigenvalue weighted by Crippen LogP contribution is 2.37. The van der Waals surface area contributed by atoms with Gasteiger partial charge in [0.15, 0.2) is 5.75 Å². The quantitative estimate of drug-likeness (QED) is 0.683. The van der Waals surface area contributed by atoms with Gasteiger partial charge in [-0.15, -0.1) is 0 Å². The van der Waals surface area contributed by atoms with E-state index in [0.717, 1.165) is 6.42 Å². The third kappa shape index (κ3) is 4.74. The largest absolute Gasteiger partial charge is 0.462 e. The van der Waals surface area contributed by atoms with Gasteiger partial charge in [-0.1, -0.05) is 25.1 Å². The second-order valence-corrected chi connectivity index (χ2v) is 6.92. The number of rotatable bonds is 8. The molecule has 0 radical (unpaired) electrons. The van der Waals surface area contributed by atoms with Crippen LogP contribution in [-0.4, -0.2) is 27.5 Å². The molecule has 0 aliphatic rings. The third-order valence-electron chi connectivity index (χ3n) is 3.42. The number of carbonyl (C=O) groups excluding carboxylic acids is 1. The minimum absolute atomic E-state index is 0.114. The van der Waals surface area contributed by atoms with Crippen molar-refractivity contribution in [3.05, 3.63) is 48.0 Å². The molecular formula is C18H22N2O5S. The van der Waals surface area contributed by atoms with Crippen LogP contribution in [0.5, 0.6) is 11.5 Å². The Labute approximate surface area is 153 Å². The van der Waals surface area contributed by atoms with Gasteiger partial charge < -0.3 is 14.8 Å². The van der Waals surface area contributed by atoms with E-state index >= 15 is 0 Å². The Hall–Kier alpha value is -2.58. The van der Waals surface area contributed by atoms with Crippen molar-refractivity contribution >= 4 is 21.7 Å². The highest BCUT2D eigenvalue weighted by molar-refractivity contribution is 7.89. The molecule has 0 saturated carbocycles. The fourth-order valence-corrected chi connectivity index (χ4v) is 3.26. The van der Waals surface area contributed by atoms with Crippen LogP contribution in [0.4, 0.5) is 5.69 Å². The number of primary sulfonamides is 1. The number of benzene rings is 2. The zero-order chi connectivity index (χ0) is 19.2. The minimum Gasteiger partial charge on any atom is -0.462 e. The average Bonchev–Trinajstić information content (AvgIpc) is 2.60. The maximum absolute atomic E-state index is 12.2. The van der Waals surface area contributed by atoms with Crippen molar-refractivity contribution in [2.45, 2.75) is 25.2 Å². The molecule has 0 atom stereocenters. The van der Waals surface area contributed by atoms with E-state index in [1.165, 1.54) is 12.1 Å². The van der Waals surface area contributed by atoms with Gasteiger partial charge in [0.1, 0.15) is 10.6 Å². The molecule has 0 unspecified atom stereocenters. The van der Waals surface area contributed by atoms with Crippen LogP contribution in [0.1, 0.15) is 30.6 Å². The smallest absolute Gasteiger partial charge is 0.339 e. The van der Waals surface area contributed by atoms with Gasteiger partial charge in [0, 0.05) is 6.54 Å². The molecule has 0 amide bonds. The van der Waals surface area contributed by atoms with E-state index in [0.29, 0.717) is 12.3 Å². The number of sulfonamides is 1. The van der Waals surface area contributed by atoms with Crippen LogP contribution in [0, 0.1) is 0 Å². The summed E-state index contributed by atoms with van der Waals surface area (Å²) >= 11 is 0. The zero-order valence-electron chi connectivity index (χ0n) is 14.7. The SMILES string of the molecule is CCCNc1c(Oc2ccccc2)ccc(C(=O)OCC)c1S(N)(=O)=O. The number of nitrogens with two attached hydrogens (primary N) is 1. The Bertz CT molecular complexity index is 867. The Morgan fingerprint density at radius 1 is 1.12 bits per heavy atom. The van der Waals surface area contributed by atoms with Gasteiger partial charge in [-0.3, -0.25) is 0 Å². The zero-order valence-corrected chi connectivity index (χ0v) is 15.5. The van der Waals surface area contributed by atoms with E-state index in [2.05, 4.69) is 5.32 Å². The number of nitrogens with one attached hydrogen (secondary N) is 1. The summed E-state index contributed by atoms with van der Waals surface area (Å²) in [5, 5.41) is 8.40. The number of para-hydroxylation sites is 1. The lowest BCUT2D eigenvalue weighted by Crippen LogP contribution is -2.21. The monoisotopic (exact) mass is 378 g/mol. The van der Waals surface area contributed by atoms with Crippen molar-refractivity contribution in [3.8, 4) is 11.5 Å². The predicted molar refractivity (Wildman–Crippen MR) is 99.1 cm³/mol. The molecule has 2 aromatic rings. The van der Waals surface area contributed by atoms with Gasteiger partial charge >= 0.3 is 5.97 Å². The van der Waals surface area contributed by atoms with E-state index in [-0.39, 0.29) is 28.5 Å². The first kappa shape index (κ1) is 19.7. The first-order valence-corrected chi connectivity index (χ1v) is 9.76. The van der Waals surface area contributed by atoms with E-state index in [4.69, 9.17) is 14.6 Å². The van der Waals surface area contributed by atoms with Crippen molar-refractivity contribution in [3.63, 3.8) is 0 Å².